The monoisotopic (exact) mass is 348 g/mol. The van der Waals surface area contributed by atoms with Gasteiger partial charge in [-0.25, -0.2) is 19.2 Å². The van der Waals surface area contributed by atoms with E-state index in [-0.39, 0.29) is 17.1 Å². The zero-order chi connectivity index (χ0) is 17.5. The molecule has 2 aromatic rings. The standard InChI is InChI=1S/C14H13FN6O2S/c1-24-14-17-7-9(13(22)23)12(20-14)19-8-2-3-10(15)11(6-8)21-18-5-4-16/h2-7,16,21H,1H3,(H,22,23)(H,17,19,20). The smallest absolute Gasteiger partial charge is 0.341 e. The number of aromatic carboxylic acids is 1. The Morgan fingerprint density at radius 1 is 1.50 bits per heavy atom. The first-order chi connectivity index (χ1) is 11.5. The molecule has 10 heteroatoms. The van der Waals surface area contributed by atoms with Gasteiger partial charge in [-0.1, -0.05) is 11.8 Å². The summed E-state index contributed by atoms with van der Waals surface area (Å²) in [5.41, 5.74) is 2.82. The Morgan fingerprint density at radius 3 is 2.96 bits per heavy atom. The normalized spacial score (nSPS) is 10.6. The van der Waals surface area contributed by atoms with Gasteiger partial charge in [-0.05, 0) is 24.5 Å². The minimum atomic E-state index is -1.18. The van der Waals surface area contributed by atoms with Crippen molar-refractivity contribution in [3.05, 3.63) is 35.8 Å². The van der Waals surface area contributed by atoms with Gasteiger partial charge in [0.05, 0.1) is 11.9 Å². The van der Waals surface area contributed by atoms with Gasteiger partial charge in [0.25, 0.3) is 0 Å². The quantitative estimate of drug-likeness (QED) is 0.262. The molecular formula is C14H13FN6O2S. The lowest BCUT2D eigenvalue weighted by Gasteiger charge is -2.11. The third kappa shape index (κ3) is 4.26. The average Bonchev–Trinajstić information content (AvgIpc) is 2.57. The van der Waals surface area contributed by atoms with Crippen LogP contribution in [-0.4, -0.2) is 39.7 Å². The highest BCUT2D eigenvalue weighted by Crippen LogP contribution is 2.25. The molecule has 0 bridgehead atoms. The van der Waals surface area contributed by atoms with Crippen molar-refractivity contribution in [2.45, 2.75) is 5.16 Å². The Balaban J connectivity index is 2.33. The minimum Gasteiger partial charge on any atom is -0.477 e. The number of hydrazone groups is 1. The number of rotatable bonds is 7. The maximum absolute atomic E-state index is 13.7. The molecule has 1 heterocycles. The van der Waals surface area contributed by atoms with Gasteiger partial charge < -0.3 is 15.8 Å². The number of anilines is 3. The van der Waals surface area contributed by atoms with Crippen LogP contribution in [0.2, 0.25) is 0 Å². The van der Waals surface area contributed by atoms with Crippen LogP contribution < -0.4 is 10.7 Å². The van der Waals surface area contributed by atoms with Crippen LogP contribution in [-0.2, 0) is 0 Å². The second kappa shape index (κ2) is 8.02. The van der Waals surface area contributed by atoms with Crippen molar-refractivity contribution in [3.8, 4) is 0 Å². The third-order valence-corrected chi connectivity index (χ3v) is 3.30. The summed E-state index contributed by atoms with van der Waals surface area (Å²) in [4.78, 5) is 19.3. The lowest BCUT2D eigenvalue weighted by Crippen LogP contribution is -2.07. The molecule has 8 nitrogen and oxygen atoms in total. The fourth-order valence-corrected chi connectivity index (χ4v) is 2.03. The van der Waals surface area contributed by atoms with Crippen molar-refractivity contribution in [1.82, 2.24) is 9.97 Å². The first-order valence-corrected chi connectivity index (χ1v) is 7.76. The molecule has 2 rings (SSSR count). The number of hydrogen-bond acceptors (Lipinski definition) is 8. The van der Waals surface area contributed by atoms with Gasteiger partial charge in [-0.2, -0.15) is 5.10 Å². The number of nitrogens with zero attached hydrogens (tertiary/aromatic N) is 3. The first kappa shape index (κ1) is 17.3. The van der Waals surface area contributed by atoms with E-state index in [9.17, 15) is 14.3 Å². The van der Waals surface area contributed by atoms with E-state index >= 15 is 0 Å². The fraction of sp³-hybridized carbons (Fsp3) is 0.0714. The van der Waals surface area contributed by atoms with E-state index in [1.54, 1.807) is 6.26 Å². The molecule has 0 amide bonds. The van der Waals surface area contributed by atoms with E-state index in [1.807, 2.05) is 0 Å². The average molecular weight is 348 g/mol. The van der Waals surface area contributed by atoms with E-state index in [1.165, 1.54) is 36.2 Å². The SMILES string of the molecule is CSc1ncc(C(=O)O)c(Nc2ccc(F)c(NN=CC=N)c2)n1. The van der Waals surface area contributed by atoms with Crippen LogP contribution in [0.1, 0.15) is 10.4 Å². The van der Waals surface area contributed by atoms with E-state index in [0.29, 0.717) is 10.8 Å². The number of benzene rings is 1. The van der Waals surface area contributed by atoms with Crippen molar-refractivity contribution >= 4 is 47.4 Å². The summed E-state index contributed by atoms with van der Waals surface area (Å²) in [6.07, 6.45) is 5.07. The summed E-state index contributed by atoms with van der Waals surface area (Å²) in [5, 5.41) is 22.9. The Morgan fingerprint density at radius 2 is 2.29 bits per heavy atom. The highest BCUT2D eigenvalue weighted by molar-refractivity contribution is 7.98. The van der Waals surface area contributed by atoms with E-state index in [2.05, 4.69) is 25.8 Å². The van der Waals surface area contributed by atoms with E-state index < -0.39 is 11.8 Å². The van der Waals surface area contributed by atoms with Gasteiger partial charge in [0.15, 0.2) is 5.16 Å². The number of thioether (sulfide) groups is 1. The molecule has 0 aliphatic rings. The van der Waals surface area contributed by atoms with Gasteiger partial charge in [-0.3, -0.25) is 5.43 Å². The Hall–Kier alpha value is -3.01. The minimum absolute atomic E-state index is 0.0640. The molecule has 4 N–H and O–H groups in total. The van der Waals surface area contributed by atoms with E-state index in [4.69, 9.17) is 5.41 Å². The van der Waals surface area contributed by atoms with Crippen molar-refractivity contribution < 1.29 is 14.3 Å². The molecular weight excluding hydrogens is 335 g/mol. The lowest BCUT2D eigenvalue weighted by atomic mass is 10.2. The van der Waals surface area contributed by atoms with Gasteiger partial charge in [0.1, 0.15) is 17.2 Å². The van der Waals surface area contributed by atoms with Crippen molar-refractivity contribution in [2.24, 2.45) is 5.10 Å². The molecule has 0 aliphatic heterocycles. The molecule has 0 unspecified atom stereocenters. The molecule has 124 valence electrons. The topological polar surface area (TPSA) is 123 Å². The van der Waals surface area contributed by atoms with Crippen molar-refractivity contribution in [3.63, 3.8) is 0 Å². The molecule has 1 aromatic carbocycles. The van der Waals surface area contributed by atoms with Crippen molar-refractivity contribution in [2.75, 3.05) is 17.0 Å². The van der Waals surface area contributed by atoms with Crippen LogP contribution in [0, 0.1) is 11.2 Å². The summed E-state index contributed by atoms with van der Waals surface area (Å²) in [7, 11) is 0. The van der Waals surface area contributed by atoms with Gasteiger partial charge in [-0.15, -0.1) is 0 Å². The number of nitrogens with one attached hydrogen (secondary N) is 3. The number of halogens is 1. The summed E-state index contributed by atoms with van der Waals surface area (Å²) in [5.74, 6) is -1.63. The molecule has 0 atom stereocenters. The maximum Gasteiger partial charge on any atom is 0.341 e. The molecule has 0 radical (unpaired) electrons. The number of carboxylic acids is 1. The lowest BCUT2D eigenvalue weighted by molar-refractivity contribution is 0.0697. The second-order valence-electron chi connectivity index (χ2n) is 4.30. The van der Waals surface area contributed by atoms with Gasteiger partial charge in [0, 0.05) is 18.1 Å². The number of carboxylic acid groups (broad SMARTS) is 1. The Labute approximate surface area is 140 Å². The molecule has 0 spiro atoms. The molecule has 0 saturated heterocycles. The van der Waals surface area contributed by atoms with Crippen LogP contribution in [0.4, 0.5) is 21.6 Å². The molecule has 0 saturated carbocycles. The first-order valence-electron chi connectivity index (χ1n) is 6.54. The zero-order valence-electron chi connectivity index (χ0n) is 12.4. The number of aromatic nitrogens is 2. The molecule has 1 aromatic heterocycles. The number of hydrogen-bond donors (Lipinski definition) is 4. The highest BCUT2D eigenvalue weighted by Gasteiger charge is 2.14. The predicted molar refractivity (Wildman–Crippen MR) is 91.4 cm³/mol. The Bertz CT molecular complexity index is 799. The van der Waals surface area contributed by atoms with Crippen LogP contribution >= 0.6 is 11.8 Å². The fourth-order valence-electron chi connectivity index (χ4n) is 1.69. The Kier molecular flexibility index (Phi) is 5.79. The predicted octanol–water partition coefficient (Wildman–Crippen LogP) is 2.83. The second-order valence-corrected chi connectivity index (χ2v) is 5.07. The third-order valence-electron chi connectivity index (χ3n) is 2.74. The zero-order valence-corrected chi connectivity index (χ0v) is 13.3. The largest absolute Gasteiger partial charge is 0.477 e. The van der Waals surface area contributed by atoms with Gasteiger partial charge in [0.2, 0.25) is 0 Å². The van der Waals surface area contributed by atoms with Crippen molar-refractivity contribution in [1.29, 1.82) is 5.41 Å². The molecule has 0 fully saturated rings. The van der Waals surface area contributed by atoms with Crippen LogP contribution in [0.5, 0.6) is 0 Å². The molecule has 0 aliphatic carbocycles. The highest BCUT2D eigenvalue weighted by atomic mass is 32.2. The van der Waals surface area contributed by atoms with Gasteiger partial charge >= 0.3 is 5.97 Å². The van der Waals surface area contributed by atoms with Crippen LogP contribution in [0.3, 0.4) is 0 Å². The summed E-state index contributed by atoms with van der Waals surface area (Å²) in [6.45, 7) is 0. The summed E-state index contributed by atoms with van der Waals surface area (Å²) >= 11 is 1.27. The maximum atomic E-state index is 13.7. The van der Waals surface area contributed by atoms with Crippen LogP contribution in [0.15, 0.2) is 34.7 Å². The summed E-state index contributed by atoms with van der Waals surface area (Å²) in [6, 6.07) is 4.04. The van der Waals surface area contributed by atoms with Crippen LogP contribution in [0.25, 0.3) is 0 Å². The summed E-state index contributed by atoms with van der Waals surface area (Å²) < 4.78 is 13.7. The molecule has 24 heavy (non-hydrogen) atoms. The van der Waals surface area contributed by atoms with E-state index in [0.717, 1.165) is 12.4 Å². The number of carbonyl (C=O) groups is 1.